The molecule has 0 aliphatic rings. The highest BCUT2D eigenvalue weighted by molar-refractivity contribution is 5.73. The first-order valence-corrected chi connectivity index (χ1v) is 4.17. The molecule has 0 saturated heterocycles. The van der Waals surface area contributed by atoms with Gasteiger partial charge in [0.05, 0.1) is 0 Å². The molecule has 1 unspecified atom stereocenters. The summed E-state index contributed by atoms with van der Waals surface area (Å²) in [4.78, 5) is 10.5. The summed E-state index contributed by atoms with van der Waals surface area (Å²) in [6.45, 7) is 3.21. The van der Waals surface area contributed by atoms with E-state index in [4.69, 9.17) is 9.84 Å². The SMILES string of the molecule is CCC(NCCCOC)C(=O)O. The molecule has 0 fully saturated rings. The Morgan fingerprint density at radius 2 is 2.33 bits per heavy atom. The van der Waals surface area contributed by atoms with E-state index >= 15 is 0 Å². The maximum Gasteiger partial charge on any atom is 0.320 e. The van der Waals surface area contributed by atoms with Gasteiger partial charge in [-0.15, -0.1) is 0 Å². The fourth-order valence-corrected chi connectivity index (χ4v) is 0.899. The second kappa shape index (κ2) is 7.06. The van der Waals surface area contributed by atoms with E-state index in [-0.39, 0.29) is 0 Å². The van der Waals surface area contributed by atoms with Crippen LogP contribution in [-0.4, -0.2) is 37.4 Å². The molecule has 0 radical (unpaired) electrons. The Labute approximate surface area is 72.9 Å². The molecule has 0 aliphatic heterocycles. The number of carboxylic acids is 1. The van der Waals surface area contributed by atoms with Gasteiger partial charge in [0.1, 0.15) is 6.04 Å². The third-order valence-electron chi connectivity index (χ3n) is 1.62. The van der Waals surface area contributed by atoms with Gasteiger partial charge in [-0.2, -0.15) is 0 Å². The zero-order valence-electron chi connectivity index (χ0n) is 7.67. The third kappa shape index (κ3) is 5.09. The van der Waals surface area contributed by atoms with Crippen molar-refractivity contribution in [3.63, 3.8) is 0 Å². The van der Waals surface area contributed by atoms with Crippen molar-refractivity contribution >= 4 is 5.97 Å². The molecule has 4 heteroatoms. The first-order valence-electron chi connectivity index (χ1n) is 4.17. The van der Waals surface area contributed by atoms with Gasteiger partial charge in [0.15, 0.2) is 0 Å². The van der Waals surface area contributed by atoms with Gasteiger partial charge >= 0.3 is 5.97 Å². The number of carboxylic acid groups (broad SMARTS) is 1. The Morgan fingerprint density at radius 3 is 2.75 bits per heavy atom. The maximum absolute atomic E-state index is 10.5. The van der Waals surface area contributed by atoms with E-state index in [1.165, 1.54) is 0 Å². The summed E-state index contributed by atoms with van der Waals surface area (Å²) in [5.74, 6) is -0.782. The molecule has 0 bridgehead atoms. The highest BCUT2D eigenvalue weighted by Gasteiger charge is 2.12. The predicted octanol–water partition coefficient (Wildman–Crippen LogP) is 0.476. The van der Waals surface area contributed by atoms with Crippen LogP contribution < -0.4 is 5.32 Å². The molecule has 4 nitrogen and oxygen atoms in total. The summed E-state index contributed by atoms with van der Waals surface area (Å²) >= 11 is 0. The van der Waals surface area contributed by atoms with E-state index in [2.05, 4.69) is 5.32 Å². The smallest absolute Gasteiger partial charge is 0.320 e. The normalized spacial score (nSPS) is 12.8. The standard InChI is InChI=1S/C8H17NO3/c1-3-7(8(10)11)9-5-4-6-12-2/h7,9H,3-6H2,1-2H3,(H,10,11). The average Bonchev–Trinajstić information content (AvgIpc) is 2.04. The minimum Gasteiger partial charge on any atom is -0.480 e. The van der Waals surface area contributed by atoms with Gasteiger partial charge in [-0.1, -0.05) is 6.92 Å². The van der Waals surface area contributed by atoms with Crippen molar-refractivity contribution in [1.82, 2.24) is 5.32 Å². The molecule has 2 N–H and O–H groups in total. The zero-order valence-corrected chi connectivity index (χ0v) is 7.67. The number of carbonyl (C=O) groups is 1. The Balaban J connectivity index is 3.38. The number of ether oxygens (including phenoxy) is 1. The van der Waals surface area contributed by atoms with Gasteiger partial charge in [-0.25, -0.2) is 0 Å². The Bertz CT molecular complexity index is 127. The first-order chi connectivity index (χ1) is 5.72. The van der Waals surface area contributed by atoms with Crippen LogP contribution in [0, 0.1) is 0 Å². The number of aliphatic carboxylic acids is 1. The Kier molecular flexibility index (Phi) is 6.70. The van der Waals surface area contributed by atoms with Crippen LogP contribution >= 0.6 is 0 Å². The Morgan fingerprint density at radius 1 is 1.67 bits per heavy atom. The van der Waals surface area contributed by atoms with Gasteiger partial charge < -0.3 is 15.2 Å². The van der Waals surface area contributed by atoms with Crippen molar-refractivity contribution in [3.05, 3.63) is 0 Å². The monoisotopic (exact) mass is 175 g/mol. The largest absolute Gasteiger partial charge is 0.480 e. The van der Waals surface area contributed by atoms with E-state index in [0.717, 1.165) is 6.42 Å². The van der Waals surface area contributed by atoms with E-state index in [0.29, 0.717) is 19.6 Å². The van der Waals surface area contributed by atoms with Crippen molar-refractivity contribution in [2.75, 3.05) is 20.3 Å². The minimum absolute atomic E-state index is 0.415. The molecule has 0 heterocycles. The van der Waals surface area contributed by atoms with Crippen LogP contribution in [0.3, 0.4) is 0 Å². The van der Waals surface area contributed by atoms with Crippen LogP contribution in [0.25, 0.3) is 0 Å². The second-order valence-corrected chi connectivity index (χ2v) is 2.60. The number of methoxy groups -OCH3 is 1. The fraction of sp³-hybridized carbons (Fsp3) is 0.875. The number of nitrogens with one attached hydrogen (secondary N) is 1. The van der Waals surface area contributed by atoms with E-state index in [1.54, 1.807) is 7.11 Å². The molecular weight excluding hydrogens is 158 g/mol. The topological polar surface area (TPSA) is 58.6 Å². The van der Waals surface area contributed by atoms with Gasteiger partial charge in [-0.05, 0) is 19.4 Å². The summed E-state index contributed by atoms with van der Waals surface area (Å²) in [6.07, 6.45) is 1.46. The highest BCUT2D eigenvalue weighted by atomic mass is 16.5. The first kappa shape index (κ1) is 11.4. The van der Waals surface area contributed by atoms with Crippen LogP contribution in [0.4, 0.5) is 0 Å². The minimum atomic E-state index is -0.782. The van der Waals surface area contributed by atoms with Crippen LogP contribution in [0.1, 0.15) is 19.8 Å². The third-order valence-corrected chi connectivity index (χ3v) is 1.62. The maximum atomic E-state index is 10.5. The molecular formula is C8H17NO3. The number of rotatable bonds is 7. The zero-order chi connectivity index (χ0) is 9.40. The molecule has 0 aromatic carbocycles. The summed E-state index contributed by atoms with van der Waals surface area (Å²) < 4.78 is 4.83. The molecule has 0 rings (SSSR count). The number of hydrogen-bond donors (Lipinski definition) is 2. The fourth-order valence-electron chi connectivity index (χ4n) is 0.899. The molecule has 0 spiro atoms. The predicted molar refractivity (Wildman–Crippen MR) is 46.2 cm³/mol. The van der Waals surface area contributed by atoms with Crippen molar-refractivity contribution in [1.29, 1.82) is 0 Å². The summed E-state index contributed by atoms with van der Waals surface area (Å²) in [7, 11) is 1.63. The quantitative estimate of drug-likeness (QED) is 0.552. The molecule has 0 saturated carbocycles. The van der Waals surface area contributed by atoms with E-state index < -0.39 is 12.0 Å². The van der Waals surface area contributed by atoms with Crippen LogP contribution in [0.2, 0.25) is 0 Å². The summed E-state index contributed by atoms with van der Waals surface area (Å²) in [5, 5.41) is 11.6. The van der Waals surface area contributed by atoms with Crippen molar-refractivity contribution in [3.8, 4) is 0 Å². The highest BCUT2D eigenvalue weighted by Crippen LogP contribution is 1.90. The number of hydrogen-bond acceptors (Lipinski definition) is 3. The van der Waals surface area contributed by atoms with Crippen molar-refractivity contribution in [2.24, 2.45) is 0 Å². The van der Waals surface area contributed by atoms with Crippen LogP contribution in [0.15, 0.2) is 0 Å². The van der Waals surface area contributed by atoms with E-state index in [9.17, 15) is 4.79 Å². The molecule has 1 atom stereocenters. The van der Waals surface area contributed by atoms with Gasteiger partial charge in [-0.3, -0.25) is 4.79 Å². The van der Waals surface area contributed by atoms with Gasteiger partial charge in [0, 0.05) is 13.7 Å². The summed E-state index contributed by atoms with van der Waals surface area (Å²) in [6, 6.07) is -0.415. The lowest BCUT2D eigenvalue weighted by Crippen LogP contribution is -2.36. The van der Waals surface area contributed by atoms with Gasteiger partial charge in [0.25, 0.3) is 0 Å². The van der Waals surface area contributed by atoms with Crippen molar-refractivity contribution in [2.45, 2.75) is 25.8 Å². The lowest BCUT2D eigenvalue weighted by molar-refractivity contribution is -0.139. The van der Waals surface area contributed by atoms with E-state index in [1.807, 2.05) is 6.92 Å². The lowest BCUT2D eigenvalue weighted by Gasteiger charge is -2.11. The lowest BCUT2D eigenvalue weighted by atomic mass is 10.2. The Hall–Kier alpha value is -0.610. The summed E-state index contributed by atoms with van der Waals surface area (Å²) in [5.41, 5.74) is 0. The average molecular weight is 175 g/mol. The molecule has 0 aliphatic carbocycles. The molecule has 0 aromatic rings. The second-order valence-electron chi connectivity index (χ2n) is 2.60. The van der Waals surface area contributed by atoms with Crippen molar-refractivity contribution < 1.29 is 14.6 Å². The molecule has 0 aromatic heterocycles. The van der Waals surface area contributed by atoms with Crippen LogP contribution in [0.5, 0.6) is 0 Å². The molecule has 12 heavy (non-hydrogen) atoms. The molecule has 0 amide bonds. The van der Waals surface area contributed by atoms with Crippen LogP contribution in [-0.2, 0) is 9.53 Å². The van der Waals surface area contributed by atoms with Gasteiger partial charge in [0.2, 0.25) is 0 Å². The molecule has 72 valence electrons.